The number of benzene rings is 2. The van der Waals surface area contributed by atoms with Crippen molar-refractivity contribution in [1.82, 2.24) is 15.5 Å². The van der Waals surface area contributed by atoms with E-state index < -0.39 is 17.5 Å². The number of nitriles is 1. The van der Waals surface area contributed by atoms with Gasteiger partial charge in [-0.25, -0.2) is 9.18 Å². The second-order valence-corrected chi connectivity index (χ2v) is 9.31. The topological polar surface area (TPSA) is 87.9 Å². The number of ether oxygens (including phenoxy) is 1. The van der Waals surface area contributed by atoms with E-state index in [1.165, 1.54) is 23.5 Å². The van der Waals surface area contributed by atoms with Crippen molar-refractivity contribution < 1.29 is 13.9 Å². The fourth-order valence-corrected chi connectivity index (χ4v) is 4.54. The van der Waals surface area contributed by atoms with Crippen LogP contribution in [0.3, 0.4) is 0 Å². The number of amides is 1. The molecule has 1 aliphatic carbocycles. The van der Waals surface area contributed by atoms with Gasteiger partial charge in [-0.15, -0.1) is 10.2 Å². The Labute approximate surface area is 183 Å². The lowest BCUT2D eigenvalue weighted by Gasteiger charge is -2.22. The van der Waals surface area contributed by atoms with E-state index in [0.717, 1.165) is 34.5 Å². The lowest BCUT2D eigenvalue weighted by molar-refractivity contribution is 0.0503. The molecule has 0 aliphatic heterocycles. The van der Waals surface area contributed by atoms with E-state index in [0.29, 0.717) is 10.6 Å². The first-order chi connectivity index (χ1) is 14.7. The molecular weight excluding hydrogens is 415 g/mol. The molecule has 0 unspecified atom stereocenters. The van der Waals surface area contributed by atoms with Gasteiger partial charge in [0.05, 0.1) is 11.6 Å². The maximum Gasteiger partial charge on any atom is 0.408 e. The lowest BCUT2D eigenvalue weighted by atomic mass is 10.0. The van der Waals surface area contributed by atoms with Crippen molar-refractivity contribution in [2.75, 3.05) is 0 Å². The smallest absolute Gasteiger partial charge is 0.408 e. The first-order valence-corrected chi connectivity index (χ1v) is 10.7. The molecule has 0 bridgehead atoms. The average Bonchev–Trinajstić information content (AvgIpc) is 3.35. The van der Waals surface area contributed by atoms with E-state index in [9.17, 15) is 9.18 Å². The Kier molecular flexibility index (Phi) is 5.46. The van der Waals surface area contributed by atoms with E-state index in [-0.39, 0.29) is 11.6 Å². The standard InChI is InChI=1S/C23H21FN4O2S/c1-23(2,3)30-22(29)26-19-10-8-15-16(19)5-4-6-17(15)21-28-27-20(31-21)13-7-9-18(24)14(11-13)12-25/h4-7,9,11,19H,8,10H2,1-3H3,(H,26,29)/t19-/m1/s1. The summed E-state index contributed by atoms with van der Waals surface area (Å²) < 4.78 is 19.0. The van der Waals surface area contributed by atoms with Gasteiger partial charge < -0.3 is 10.1 Å². The third-order valence-corrected chi connectivity index (χ3v) is 5.96. The summed E-state index contributed by atoms with van der Waals surface area (Å²) in [5, 5.41) is 22.0. The fourth-order valence-electron chi connectivity index (χ4n) is 3.65. The third-order valence-electron chi connectivity index (χ3n) is 4.95. The number of hydrogen-bond acceptors (Lipinski definition) is 6. The molecule has 0 saturated carbocycles. The van der Waals surface area contributed by atoms with E-state index in [1.54, 1.807) is 6.07 Å². The average molecular weight is 437 g/mol. The van der Waals surface area contributed by atoms with Crippen molar-refractivity contribution >= 4 is 17.4 Å². The number of carbonyl (C=O) groups is 1. The second-order valence-electron chi connectivity index (χ2n) is 8.33. The summed E-state index contributed by atoms with van der Waals surface area (Å²) in [5.74, 6) is -0.555. The zero-order chi connectivity index (χ0) is 22.2. The monoisotopic (exact) mass is 436 g/mol. The summed E-state index contributed by atoms with van der Waals surface area (Å²) >= 11 is 1.39. The fraction of sp³-hybridized carbons (Fsp3) is 0.304. The number of fused-ring (bicyclic) bond motifs is 1. The van der Waals surface area contributed by atoms with Crippen LogP contribution in [0, 0.1) is 17.1 Å². The van der Waals surface area contributed by atoms with Gasteiger partial charge in [0.2, 0.25) is 0 Å². The third kappa shape index (κ3) is 4.42. The molecule has 1 atom stereocenters. The van der Waals surface area contributed by atoms with Crippen LogP contribution in [0.4, 0.5) is 9.18 Å². The maximum absolute atomic E-state index is 13.6. The normalized spacial score (nSPS) is 15.3. The molecule has 0 spiro atoms. The number of alkyl carbamates (subject to hydrolysis) is 1. The number of halogens is 1. The molecular formula is C23H21FN4O2S. The summed E-state index contributed by atoms with van der Waals surface area (Å²) in [4.78, 5) is 12.2. The molecule has 3 aromatic rings. The lowest BCUT2D eigenvalue weighted by Crippen LogP contribution is -2.34. The van der Waals surface area contributed by atoms with Crippen LogP contribution in [0.25, 0.3) is 21.1 Å². The zero-order valence-corrected chi connectivity index (χ0v) is 18.2. The minimum Gasteiger partial charge on any atom is -0.444 e. The van der Waals surface area contributed by atoms with Gasteiger partial charge in [0.15, 0.2) is 0 Å². The van der Waals surface area contributed by atoms with Crippen LogP contribution in [0.15, 0.2) is 36.4 Å². The number of nitrogens with zero attached hydrogens (tertiary/aromatic N) is 3. The van der Waals surface area contributed by atoms with Crippen molar-refractivity contribution in [2.24, 2.45) is 0 Å². The molecule has 1 N–H and O–H groups in total. The van der Waals surface area contributed by atoms with Crippen molar-refractivity contribution in [1.29, 1.82) is 5.26 Å². The molecule has 4 rings (SSSR count). The molecule has 2 aromatic carbocycles. The number of rotatable bonds is 3. The van der Waals surface area contributed by atoms with E-state index in [4.69, 9.17) is 10.00 Å². The Balaban J connectivity index is 1.60. The Morgan fingerprint density at radius 2 is 2.03 bits per heavy atom. The minimum atomic E-state index is -0.555. The molecule has 0 fully saturated rings. The Morgan fingerprint density at radius 1 is 1.26 bits per heavy atom. The molecule has 1 aromatic heterocycles. The number of hydrogen-bond donors (Lipinski definition) is 1. The van der Waals surface area contributed by atoms with Crippen molar-refractivity contribution in [3.8, 4) is 27.2 Å². The molecule has 1 heterocycles. The summed E-state index contributed by atoms with van der Waals surface area (Å²) in [5.41, 5.74) is 3.22. The highest BCUT2D eigenvalue weighted by molar-refractivity contribution is 7.17. The van der Waals surface area contributed by atoms with Crippen LogP contribution in [0.1, 0.15) is 49.9 Å². The SMILES string of the molecule is CC(C)(C)OC(=O)N[C@@H]1CCc2c(-c3nnc(-c4ccc(F)c(C#N)c4)s3)cccc21. The van der Waals surface area contributed by atoms with Crippen molar-refractivity contribution in [3.63, 3.8) is 0 Å². The molecule has 31 heavy (non-hydrogen) atoms. The van der Waals surface area contributed by atoms with Gasteiger partial charge in [-0.3, -0.25) is 0 Å². The Bertz CT molecular complexity index is 1190. The first-order valence-electron chi connectivity index (χ1n) is 9.90. The summed E-state index contributed by atoms with van der Waals surface area (Å²) in [7, 11) is 0. The molecule has 8 heteroatoms. The quantitative estimate of drug-likeness (QED) is 0.594. The van der Waals surface area contributed by atoms with Crippen LogP contribution in [-0.4, -0.2) is 21.9 Å². The Morgan fingerprint density at radius 3 is 2.77 bits per heavy atom. The van der Waals surface area contributed by atoms with Gasteiger partial charge in [0, 0.05) is 11.1 Å². The highest BCUT2D eigenvalue weighted by Gasteiger charge is 2.29. The molecule has 1 aliphatic rings. The van der Waals surface area contributed by atoms with Gasteiger partial charge in [0.25, 0.3) is 0 Å². The van der Waals surface area contributed by atoms with E-state index in [2.05, 4.69) is 15.5 Å². The predicted molar refractivity (Wildman–Crippen MR) is 116 cm³/mol. The van der Waals surface area contributed by atoms with Gasteiger partial charge in [0.1, 0.15) is 27.5 Å². The number of aromatic nitrogens is 2. The maximum atomic E-state index is 13.6. The van der Waals surface area contributed by atoms with Crippen LogP contribution in [0.2, 0.25) is 0 Å². The van der Waals surface area contributed by atoms with Crippen LogP contribution < -0.4 is 5.32 Å². The van der Waals surface area contributed by atoms with E-state index in [1.807, 2.05) is 45.0 Å². The summed E-state index contributed by atoms with van der Waals surface area (Å²) in [6.45, 7) is 5.50. The van der Waals surface area contributed by atoms with Crippen LogP contribution >= 0.6 is 11.3 Å². The van der Waals surface area contributed by atoms with Crippen LogP contribution in [0.5, 0.6) is 0 Å². The number of carbonyl (C=O) groups excluding carboxylic acids is 1. The molecule has 0 radical (unpaired) electrons. The van der Waals surface area contributed by atoms with Gasteiger partial charge >= 0.3 is 6.09 Å². The largest absolute Gasteiger partial charge is 0.444 e. The molecule has 158 valence electrons. The van der Waals surface area contributed by atoms with Gasteiger partial charge in [-0.2, -0.15) is 5.26 Å². The zero-order valence-electron chi connectivity index (χ0n) is 17.4. The highest BCUT2D eigenvalue weighted by Crippen LogP contribution is 2.40. The first kappa shape index (κ1) is 20.9. The predicted octanol–water partition coefficient (Wildman–Crippen LogP) is 5.39. The van der Waals surface area contributed by atoms with Crippen molar-refractivity contribution in [3.05, 3.63) is 58.9 Å². The van der Waals surface area contributed by atoms with Crippen LogP contribution in [-0.2, 0) is 11.2 Å². The minimum absolute atomic E-state index is 0.0223. The van der Waals surface area contributed by atoms with E-state index >= 15 is 0 Å². The summed E-state index contributed by atoms with van der Waals surface area (Å²) in [6, 6.07) is 12.0. The second kappa shape index (κ2) is 8.08. The summed E-state index contributed by atoms with van der Waals surface area (Å²) in [6.07, 6.45) is 1.15. The van der Waals surface area contributed by atoms with Gasteiger partial charge in [-0.05, 0) is 62.9 Å². The van der Waals surface area contributed by atoms with Gasteiger partial charge in [-0.1, -0.05) is 29.5 Å². The molecule has 0 saturated heterocycles. The van der Waals surface area contributed by atoms with Crippen molar-refractivity contribution in [2.45, 2.75) is 45.3 Å². The highest BCUT2D eigenvalue weighted by atomic mass is 32.1. The molecule has 1 amide bonds. The Hall–Kier alpha value is -3.31. The molecule has 6 nitrogen and oxygen atoms in total. The number of nitrogens with one attached hydrogen (secondary N) is 1.